The SMILES string of the molecule is CCN1c2cc(C)c(/C=C3/SC(=Nc4ccc(OC)cc4)N(CCc4c[nH]c5ccccc45)C3=O)cc2C(C)=CC1(C)C. The lowest BCUT2D eigenvalue weighted by molar-refractivity contribution is -0.122. The van der Waals surface area contributed by atoms with E-state index in [1.54, 1.807) is 7.11 Å². The van der Waals surface area contributed by atoms with E-state index in [0.717, 1.165) is 41.0 Å². The van der Waals surface area contributed by atoms with E-state index in [9.17, 15) is 4.79 Å². The maximum Gasteiger partial charge on any atom is 0.266 e. The number of hydrogen-bond donors (Lipinski definition) is 1. The standard InChI is InChI=1S/C36H38N4O2S/c1-7-40-32-18-23(2)26(19-30(32)24(3)21-36(40,4)5)20-33-34(41)39(17-16-25-22-37-31-11-9-8-10-29(25)31)35(43-33)38-27-12-14-28(42-6)15-13-27/h8-15,18-22,37H,7,16-17H2,1-6H3/b33-20+,38-35?. The van der Waals surface area contributed by atoms with Crippen molar-refractivity contribution in [1.82, 2.24) is 9.88 Å². The van der Waals surface area contributed by atoms with Crippen molar-refractivity contribution in [1.29, 1.82) is 0 Å². The Hall–Kier alpha value is -4.23. The number of nitrogens with zero attached hydrogens (tertiary/aromatic N) is 3. The molecule has 0 aliphatic carbocycles. The number of para-hydroxylation sites is 1. The molecule has 6 rings (SSSR count). The zero-order valence-corrected chi connectivity index (χ0v) is 26.5. The third kappa shape index (κ3) is 5.50. The molecule has 7 heteroatoms. The highest BCUT2D eigenvalue weighted by molar-refractivity contribution is 8.18. The Morgan fingerprint density at radius 1 is 1.07 bits per heavy atom. The van der Waals surface area contributed by atoms with Gasteiger partial charge in [0.15, 0.2) is 5.17 Å². The monoisotopic (exact) mass is 590 g/mol. The van der Waals surface area contributed by atoms with Crippen LogP contribution in [0.5, 0.6) is 5.75 Å². The van der Waals surface area contributed by atoms with E-state index >= 15 is 0 Å². The van der Waals surface area contributed by atoms with Crippen LogP contribution in [-0.2, 0) is 11.2 Å². The maximum atomic E-state index is 14.0. The van der Waals surface area contributed by atoms with Gasteiger partial charge in [-0.1, -0.05) is 24.3 Å². The number of likely N-dealkylation sites (N-methyl/N-ethyl adjacent to an activating group) is 1. The first kappa shape index (κ1) is 28.9. The van der Waals surface area contributed by atoms with Gasteiger partial charge in [0.2, 0.25) is 0 Å². The van der Waals surface area contributed by atoms with Gasteiger partial charge in [0.05, 0.1) is 23.2 Å². The summed E-state index contributed by atoms with van der Waals surface area (Å²) in [6.45, 7) is 12.5. The predicted molar refractivity (Wildman–Crippen MR) is 181 cm³/mol. The van der Waals surface area contributed by atoms with Crippen LogP contribution in [-0.4, -0.2) is 46.7 Å². The van der Waals surface area contributed by atoms with Gasteiger partial charge >= 0.3 is 0 Å². The average molecular weight is 591 g/mol. The number of ether oxygens (including phenoxy) is 1. The Kier molecular flexibility index (Phi) is 7.69. The predicted octanol–water partition coefficient (Wildman–Crippen LogP) is 8.35. The molecule has 0 spiro atoms. The molecule has 1 aromatic heterocycles. The summed E-state index contributed by atoms with van der Waals surface area (Å²) in [4.78, 5) is 27.2. The molecule has 3 heterocycles. The Bertz CT molecular complexity index is 1800. The number of methoxy groups -OCH3 is 1. The van der Waals surface area contributed by atoms with Crippen LogP contribution in [0.25, 0.3) is 22.6 Å². The van der Waals surface area contributed by atoms with Gasteiger partial charge in [0, 0.05) is 41.4 Å². The summed E-state index contributed by atoms with van der Waals surface area (Å²) in [5.41, 5.74) is 8.95. The number of thioether (sulfide) groups is 1. The normalized spacial score (nSPS) is 18.1. The van der Waals surface area contributed by atoms with E-state index in [1.807, 2.05) is 53.6 Å². The van der Waals surface area contributed by atoms with Crippen LogP contribution in [0, 0.1) is 6.92 Å². The van der Waals surface area contributed by atoms with Crippen molar-refractivity contribution in [2.75, 3.05) is 25.1 Å². The number of nitrogens with one attached hydrogen (secondary N) is 1. The number of benzene rings is 3. The average Bonchev–Trinajstić information content (AvgIpc) is 3.52. The second-order valence-corrected chi connectivity index (χ2v) is 12.7. The smallest absolute Gasteiger partial charge is 0.266 e. The summed E-state index contributed by atoms with van der Waals surface area (Å²) >= 11 is 1.44. The van der Waals surface area contributed by atoms with E-state index in [0.29, 0.717) is 16.6 Å². The number of aromatic amines is 1. The molecule has 0 atom stereocenters. The van der Waals surface area contributed by atoms with Crippen molar-refractivity contribution in [3.8, 4) is 5.75 Å². The molecule has 2 aliphatic heterocycles. The molecule has 0 bridgehead atoms. The van der Waals surface area contributed by atoms with Gasteiger partial charge in [-0.25, -0.2) is 4.99 Å². The first-order valence-corrected chi connectivity index (χ1v) is 15.6. The Labute approximate surface area is 258 Å². The number of hydrogen-bond acceptors (Lipinski definition) is 5. The second-order valence-electron chi connectivity index (χ2n) is 11.7. The number of fused-ring (bicyclic) bond motifs is 2. The van der Waals surface area contributed by atoms with Gasteiger partial charge in [-0.15, -0.1) is 0 Å². The third-order valence-corrected chi connectivity index (χ3v) is 9.44. The van der Waals surface area contributed by atoms with Crippen LogP contribution in [0.15, 0.2) is 82.8 Å². The number of aryl methyl sites for hydroxylation is 1. The Morgan fingerprint density at radius 3 is 2.58 bits per heavy atom. The van der Waals surface area contributed by atoms with Gasteiger partial charge in [-0.3, -0.25) is 9.69 Å². The summed E-state index contributed by atoms with van der Waals surface area (Å²) < 4.78 is 5.32. The van der Waals surface area contributed by atoms with E-state index in [-0.39, 0.29) is 11.4 Å². The lowest BCUT2D eigenvalue weighted by Crippen LogP contribution is -2.44. The number of carbonyl (C=O) groups is 1. The molecule has 0 radical (unpaired) electrons. The summed E-state index contributed by atoms with van der Waals surface area (Å²) in [7, 11) is 1.65. The maximum absolute atomic E-state index is 14.0. The molecule has 6 nitrogen and oxygen atoms in total. The van der Waals surface area contributed by atoms with Crippen LogP contribution in [0.4, 0.5) is 11.4 Å². The van der Waals surface area contributed by atoms with Gasteiger partial charge < -0.3 is 14.6 Å². The molecule has 1 saturated heterocycles. The lowest BCUT2D eigenvalue weighted by Gasteiger charge is -2.43. The van der Waals surface area contributed by atoms with E-state index in [4.69, 9.17) is 9.73 Å². The molecular formula is C36H38N4O2S. The quantitative estimate of drug-likeness (QED) is 0.220. The summed E-state index contributed by atoms with van der Waals surface area (Å²) in [6, 6.07) is 20.4. The zero-order valence-electron chi connectivity index (χ0n) is 25.7. The number of carbonyl (C=O) groups excluding carboxylic acids is 1. The summed E-state index contributed by atoms with van der Waals surface area (Å²) in [6.07, 6.45) is 7.14. The molecule has 2 aliphatic rings. The van der Waals surface area contributed by atoms with E-state index < -0.39 is 0 Å². The molecule has 43 heavy (non-hydrogen) atoms. The second kappa shape index (κ2) is 11.5. The Morgan fingerprint density at radius 2 is 1.84 bits per heavy atom. The van der Waals surface area contributed by atoms with Crippen molar-refractivity contribution in [2.24, 2.45) is 4.99 Å². The first-order chi connectivity index (χ1) is 20.7. The molecular weight excluding hydrogens is 552 g/mol. The highest BCUT2D eigenvalue weighted by atomic mass is 32.2. The van der Waals surface area contributed by atoms with Crippen LogP contribution < -0.4 is 9.64 Å². The highest BCUT2D eigenvalue weighted by Crippen LogP contribution is 2.42. The molecule has 0 unspecified atom stereocenters. The van der Waals surface area contributed by atoms with Crippen LogP contribution in [0.3, 0.4) is 0 Å². The molecule has 1 fully saturated rings. The number of rotatable bonds is 7. The summed E-state index contributed by atoms with van der Waals surface area (Å²) in [5.74, 6) is 0.755. The fraction of sp³-hybridized carbons (Fsp3) is 0.278. The van der Waals surface area contributed by atoms with Gasteiger partial charge in [0.25, 0.3) is 5.91 Å². The number of anilines is 1. The zero-order chi connectivity index (χ0) is 30.3. The fourth-order valence-electron chi connectivity index (χ4n) is 6.25. The third-order valence-electron chi connectivity index (χ3n) is 8.43. The minimum Gasteiger partial charge on any atom is -0.497 e. The van der Waals surface area contributed by atoms with Crippen molar-refractivity contribution < 1.29 is 9.53 Å². The van der Waals surface area contributed by atoms with Crippen molar-refractivity contribution in [2.45, 2.75) is 46.6 Å². The molecule has 1 N–H and O–H groups in total. The Balaban J connectivity index is 1.35. The molecule has 220 valence electrons. The molecule has 1 amide bonds. The number of aromatic nitrogens is 1. The van der Waals surface area contributed by atoms with E-state index in [1.165, 1.54) is 39.5 Å². The summed E-state index contributed by atoms with van der Waals surface area (Å²) in [5, 5.41) is 1.87. The van der Waals surface area contributed by atoms with E-state index in [2.05, 4.69) is 74.8 Å². The lowest BCUT2D eigenvalue weighted by atomic mass is 9.87. The van der Waals surface area contributed by atoms with Crippen molar-refractivity contribution in [3.05, 3.63) is 100 Å². The minimum atomic E-state index is -0.0480. The number of H-pyrrole nitrogens is 1. The molecule has 0 saturated carbocycles. The number of amidine groups is 1. The number of amides is 1. The highest BCUT2D eigenvalue weighted by Gasteiger charge is 2.34. The number of aliphatic imine (C=N–C) groups is 1. The van der Waals surface area contributed by atoms with Gasteiger partial charge in [-0.05, 0) is 124 Å². The van der Waals surface area contributed by atoms with Crippen LogP contribution in [0.1, 0.15) is 49.9 Å². The first-order valence-electron chi connectivity index (χ1n) is 14.8. The van der Waals surface area contributed by atoms with Gasteiger partial charge in [0.1, 0.15) is 5.75 Å². The fourth-order valence-corrected chi connectivity index (χ4v) is 7.26. The molecule has 3 aromatic carbocycles. The van der Waals surface area contributed by atoms with Crippen LogP contribution >= 0.6 is 11.8 Å². The van der Waals surface area contributed by atoms with Crippen LogP contribution in [0.2, 0.25) is 0 Å². The van der Waals surface area contributed by atoms with Gasteiger partial charge in [-0.2, -0.15) is 0 Å². The minimum absolute atomic E-state index is 0.0159. The molecule has 4 aromatic rings. The largest absolute Gasteiger partial charge is 0.497 e. The topological polar surface area (TPSA) is 60.9 Å². The van der Waals surface area contributed by atoms with Crippen molar-refractivity contribution >= 4 is 56.8 Å². The van der Waals surface area contributed by atoms with Crippen molar-refractivity contribution in [3.63, 3.8) is 0 Å². The number of allylic oxidation sites excluding steroid dienone is 1.